The Kier molecular flexibility index (Phi) is 2.33. The van der Waals surface area contributed by atoms with Gasteiger partial charge in [0.1, 0.15) is 5.66 Å². The van der Waals surface area contributed by atoms with Crippen molar-refractivity contribution in [3.05, 3.63) is 66.5 Å². The Labute approximate surface area is 97.7 Å². The minimum absolute atomic E-state index is 0.628. The highest BCUT2D eigenvalue weighted by Gasteiger charge is 2.47. The zero-order valence-electron chi connectivity index (χ0n) is 9.45. The summed E-state index contributed by atoms with van der Waals surface area (Å²) in [5, 5.41) is 1.53. The lowest BCUT2D eigenvalue weighted by molar-refractivity contribution is 0.845. The van der Waals surface area contributed by atoms with E-state index in [1.165, 1.54) is 5.30 Å². The maximum Gasteiger partial charge on any atom is 0.106 e. The fourth-order valence-electron chi connectivity index (χ4n) is 2.71. The minimum Gasteiger partial charge on any atom is -0.0733 e. The zero-order chi connectivity index (χ0) is 11.0. The molecule has 0 N–H and O–H groups in total. The standard InChI is InChI=1S/C15H16P/c1-16(14-8-3-2-4-9-14)12-11-13-7-5-6-10-15(13)16/h2-13,15H,1H3/q+1/t13-,15-,16?/m1/s1. The molecule has 1 heteroatoms. The highest BCUT2D eigenvalue weighted by atomic mass is 31.2. The highest BCUT2D eigenvalue weighted by molar-refractivity contribution is 7.86. The molecule has 0 spiro atoms. The molecule has 0 amide bonds. The Morgan fingerprint density at radius 2 is 1.69 bits per heavy atom. The second kappa shape index (κ2) is 3.71. The first kappa shape index (κ1) is 10.1. The molecule has 0 radical (unpaired) electrons. The number of hydrogen-bond acceptors (Lipinski definition) is 0. The number of allylic oxidation sites excluding steroid dienone is 5. The van der Waals surface area contributed by atoms with E-state index in [0.29, 0.717) is 11.6 Å². The number of rotatable bonds is 1. The third-order valence-corrected chi connectivity index (χ3v) is 7.65. The van der Waals surface area contributed by atoms with Gasteiger partial charge in [-0.1, -0.05) is 36.4 Å². The van der Waals surface area contributed by atoms with Crippen LogP contribution in [0.3, 0.4) is 0 Å². The molecule has 1 aliphatic heterocycles. The zero-order valence-corrected chi connectivity index (χ0v) is 10.3. The number of fused-ring (bicyclic) bond motifs is 1. The molecule has 0 bridgehead atoms. The molecular weight excluding hydrogens is 211 g/mol. The van der Waals surface area contributed by atoms with E-state index in [2.05, 4.69) is 73.2 Å². The molecule has 1 aromatic rings. The molecule has 0 aromatic heterocycles. The van der Waals surface area contributed by atoms with Gasteiger partial charge in [0.25, 0.3) is 0 Å². The van der Waals surface area contributed by atoms with Gasteiger partial charge in [-0.25, -0.2) is 0 Å². The average Bonchev–Trinajstić information content (AvgIpc) is 2.71. The fraction of sp³-hybridized carbons (Fsp3) is 0.200. The SMILES string of the molecule is C[P+]1(c2ccccc2)C=C[C@H]2C=CC=C[C@H]21. The Hall–Kier alpha value is -1.13. The van der Waals surface area contributed by atoms with E-state index in [4.69, 9.17) is 0 Å². The quantitative estimate of drug-likeness (QED) is 0.643. The fourth-order valence-corrected chi connectivity index (χ4v) is 6.17. The molecule has 0 fully saturated rings. The van der Waals surface area contributed by atoms with Crippen LogP contribution in [0, 0.1) is 5.92 Å². The third-order valence-electron chi connectivity index (χ3n) is 3.70. The van der Waals surface area contributed by atoms with Gasteiger partial charge in [-0.2, -0.15) is 0 Å². The first-order valence-corrected chi connectivity index (χ1v) is 8.14. The molecule has 1 aliphatic carbocycles. The molecule has 1 unspecified atom stereocenters. The molecule has 16 heavy (non-hydrogen) atoms. The lowest BCUT2D eigenvalue weighted by Gasteiger charge is -2.25. The van der Waals surface area contributed by atoms with E-state index in [1.807, 2.05) is 0 Å². The molecule has 0 saturated carbocycles. The first-order chi connectivity index (χ1) is 7.81. The van der Waals surface area contributed by atoms with E-state index < -0.39 is 7.26 Å². The summed E-state index contributed by atoms with van der Waals surface area (Å²) >= 11 is 0. The van der Waals surface area contributed by atoms with Crippen LogP contribution in [0.1, 0.15) is 0 Å². The molecule has 0 nitrogen and oxygen atoms in total. The molecule has 1 aromatic carbocycles. The summed E-state index contributed by atoms with van der Waals surface area (Å²) in [6.45, 7) is 2.45. The Morgan fingerprint density at radius 3 is 2.50 bits per heavy atom. The van der Waals surface area contributed by atoms with E-state index >= 15 is 0 Å². The summed E-state index contributed by atoms with van der Waals surface area (Å²) < 4.78 is 0. The Balaban J connectivity index is 2.04. The van der Waals surface area contributed by atoms with E-state index in [9.17, 15) is 0 Å². The summed E-state index contributed by atoms with van der Waals surface area (Å²) in [5.74, 6) is 3.11. The van der Waals surface area contributed by atoms with Crippen molar-refractivity contribution in [2.24, 2.45) is 5.92 Å². The van der Waals surface area contributed by atoms with Gasteiger partial charge in [-0.15, -0.1) is 0 Å². The van der Waals surface area contributed by atoms with Gasteiger partial charge in [-0.3, -0.25) is 0 Å². The van der Waals surface area contributed by atoms with Crippen LogP contribution in [0.15, 0.2) is 66.5 Å². The molecule has 3 rings (SSSR count). The Morgan fingerprint density at radius 1 is 0.938 bits per heavy atom. The largest absolute Gasteiger partial charge is 0.106 e. The van der Waals surface area contributed by atoms with Crippen molar-refractivity contribution >= 4 is 12.6 Å². The van der Waals surface area contributed by atoms with Crippen LogP contribution in [-0.2, 0) is 0 Å². The van der Waals surface area contributed by atoms with Crippen molar-refractivity contribution in [2.75, 3.05) is 6.66 Å². The number of hydrogen-bond donors (Lipinski definition) is 0. The van der Waals surface area contributed by atoms with Crippen molar-refractivity contribution in [1.82, 2.24) is 0 Å². The predicted molar refractivity (Wildman–Crippen MR) is 73.6 cm³/mol. The van der Waals surface area contributed by atoms with Crippen LogP contribution in [0.5, 0.6) is 0 Å². The van der Waals surface area contributed by atoms with E-state index in [-0.39, 0.29) is 0 Å². The smallest absolute Gasteiger partial charge is 0.0733 e. The predicted octanol–water partition coefficient (Wildman–Crippen LogP) is 3.60. The lowest BCUT2D eigenvalue weighted by atomic mass is 10.0. The van der Waals surface area contributed by atoms with Gasteiger partial charge in [0.2, 0.25) is 0 Å². The second-order valence-corrected chi connectivity index (χ2v) is 8.37. The van der Waals surface area contributed by atoms with Crippen molar-refractivity contribution in [1.29, 1.82) is 0 Å². The van der Waals surface area contributed by atoms with Gasteiger partial charge >= 0.3 is 0 Å². The van der Waals surface area contributed by atoms with Gasteiger partial charge in [0.05, 0.1) is 25.0 Å². The topological polar surface area (TPSA) is 0 Å². The summed E-state index contributed by atoms with van der Waals surface area (Å²) in [7, 11) is -1.12. The number of benzene rings is 1. The molecule has 80 valence electrons. The average molecular weight is 227 g/mol. The molecule has 0 saturated heterocycles. The van der Waals surface area contributed by atoms with Crippen molar-refractivity contribution in [3.8, 4) is 0 Å². The normalized spacial score (nSPS) is 35.3. The van der Waals surface area contributed by atoms with E-state index in [0.717, 1.165) is 0 Å². The van der Waals surface area contributed by atoms with Crippen LogP contribution in [0.2, 0.25) is 0 Å². The van der Waals surface area contributed by atoms with Crippen molar-refractivity contribution in [3.63, 3.8) is 0 Å². The maximum absolute atomic E-state index is 2.48. The molecule has 1 heterocycles. The van der Waals surface area contributed by atoms with Crippen LogP contribution in [0.4, 0.5) is 0 Å². The van der Waals surface area contributed by atoms with Crippen LogP contribution in [-0.4, -0.2) is 12.3 Å². The van der Waals surface area contributed by atoms with Gasteiger partial charge in [0.15, 0.2) is 0 Å². The van der Waals surface area contributed by atoms with Gasteiger partial charge in [-0.05, 0) is 24.3 Å². The van der Waals surface area contributed by atoms with Crippen LogP contribution >= 0.6 is 7.26 Å². The Bertz CT molecular complexity index is 469. The lowest BCUT2D eigenvalue weighted by Crippen LogP contribution is -2.21. The summed E-state index contributed by atoms with van der Waals surface area (Å²) in [4.78, 5) is 0. The third kappa shape index (κ3) is 1.41. The monoisotopic (exact) mass is 227 g/mol. The molecule has 3 atom stereocenters. The highest BCUT2D eigenvalue weighted by Crippen LogP contribution is 2.67. The van der Waals surface area contributed by atoms with Crippen molar-refractivity contribution < 1.29 is 0 Å². The van der Waals surface area contributed by atoms with Crippen LogP contribution in [0.25, 0.3) is 0 Å². The van der Waals surface area contributed by atoms with Gasteiger partial charge < -0.3 is 0 Å². The summed E-state index contributed by atoms with van der Waals surface area (Å²) in [6, 6.07) is 11.0. The van der Waals surface area contributed by atoms with Crippen molar-refractivity contribution in [2.45, 2.75) is 5.66 Å². The van der Waals surface area contributed by atoms with E-state index in [1.54, 1.807) is 0 Å². The molecular formula is C15H16P+. The molecule has 2 aliphatic rings. The maximum atomic E-state index is 2.48. The summed E-state index contributed by atoms with van der Waals surface area (Å²) in [5.41, 5.74) is 0.694. The second-order valence-electron chi connectivity index (χ2n) is 4.66. The van der Waals surface area contributed by atoms with Crippen LogP contribution < -0.4 is 5.30 Å². The minimum atomic E-state index is -1.12. The summed E-state index contributed by atoms with van der Waals surface area (Å²) in [6.07, 6.45) is 11.5. The first-order valence-electron chi connectivity index (χ1n) is 5.76. The van der Waals surface area contributed by atoms with Gasteiger partial charge in [0, 0.05) is 5.92 Å².